The van der Waals surface area contributed by atoms with Gasteiger partial charge in [-0.2, -0.15) is 4.98 Å². The summed E-state index contributed by atoms with van der Waals surface area (Å²) in [5, 5.41) is 7.69. The highest BCUT2D eigenvalue weighted by Gasteiger charge is 2.49. The molecule has 1 saturated heterocycles. The minimum Gasteiger partial charge on any atom is -0.338 e. The number of nitrogens with zero attached hydrogens (tertiary/aromatic N) is 2. The Morgan fingerprint density at radius 2 is 2.24 bits per heavy atom. The number of rotatable bonds is 2. The topological polar surface area (TPSA) is 83.8 Å². The van der Waals surface area contributed by atoms with Crippen LogP contribution >= 0.6 is 0 Å². The second-order valence-corrected chi connectivity index (χ2v) is 6.02. The minimum absolute atomic E-state index is 0.00564. The van der Waals surface area contributed by atoms with Crippen molar-refractivity contribution in [1.82, 2.24) is 20.4 Å². The van der Waals surface area contributed by atoms with Crippen molar-refractivity contribution in [3.8, 4) is 11.4 Å². The highest BCUT2D eigenvalue weighted by Crippen LogP contribution is 2.44. The molecule has 0 bridgehead atoms. The molecule has 110 valence electrons. The van der Waals surface area contributed by atoms with Gasteiger partial charge in [0.25, 0.3) is 0 Å². The van der Waals surface area contributed by atoms with Crippen LogP contribution in [0.4, 0.5) is 0 Å². The normalized spacial score (nSPS) is 28.5. The maximum Gasteiger partial charge on any atom is 0.247 e. The highest BCUT2D eigenvalue weighted by molar-refractivity contribution is 5.52. The van der Waals surface area contributed by atoms with Gasteiger partial charge in [-0.05, 0) is 31.9 Å². The van der Waals surface area contributed by atoms with Crippen molar-refractivity contribution >= 4 is 0 Å². The molecule has 0 unspecified atom stereocenters. The molecule has 2 fully saturated rings. The molecule has 21 heavy (non-hydrogen) atoms. The molecular formula is C15H18N4O2. The van der Waals surface area contributed by atoms with E-state index in [9.17, 15) is 4.79 Å². The molecule has 2 aromatic rings. The third-order valence-corrected chi connectivity index (χ3v) is 4.89. The Morgan fingerprint density at radius 1 is 1.29 bits per heavy atom. The van der Waals surface area contributed by atoms with Crippen molar-refractivity contribution in [3.63, 3.8) is 0 Å². The number of pyridine rings is 1. The lowest BCUT2D eigenvalue weighted by molar-refractivity contribution is 0.199. The average Bonchev–Trinajstić information content (AvgIpc) is 3.15. The Labute approximate surface area is 122 Å². The van der Waals surface area contributed by atoms with Crippen LogP contribution in [-0.4, -0.2) is 27.7 Å². The van der Waals surface area contributed by atoms with Crippen LogP contribution in [0.3, 0.4) is 0 Å². The quantitative estimate of drug-likeness (QED) is 0.876. The monoisotopic (exact) mass is 286 g/mol. The van der Waals surface area contributed by atoms with Gasteiger partial charge in [-0.25, -0.2) is 0 Å². The Kier molecular flexibility index (Phi) is 2.92. The fraction of sp³-hybridized carbons (Fsp3) is 0.533. The maximum atomic E-state index is 11.1. The Hall–Kier alpha value is -1.95. The molecule has 1 aliphatic heterocycles. The summed E-state index contributed by atoms with van der Waals surface area (Å²) in [6.45, 7) is 1.01. The van der Waals surface area contributed by atoms with Crippen LogP contribution in [0.25, 0.3) is 11.4 Å². The number of fused-ring (bicyclic) bond motifs is 1. The highest BCUT2D eigenvalue weighted by atomic mass is 16.5. The molecule has 0 radical (unpaired) electrons. The Balaban J connectivity index is 1.70. The molecule has 4 rings (SSSR count). The third-order valence-electron chi connectivity index (χ3n) is 4.89. The molecule has 2 N–H and O–H groups in total. The van der Waals surface area contributed by atoms with E-state index in [4.69, 9.17) is 4.52 Å². The summed E-state index contributed by atoms with van der Waals surface area (Å²) in [6.07, 6.45) is 7.45. The van der Waals surface area contributed by atoms with E-state index < -0.39 is 0 Å². The fourth-order valence-corrected chi connectivity index (χ4v) is 3.76. The molecule has 3 heterocycles. The van der Waals surface area contributed by atoms with Crippen molar-refractivity contribution in [3.05, 3.63) is 34.6 Å². The van der Waals surface area contributed by atoms with Gasteiger partial charge in [0.05, 0.1) is 5.41 Å². The second-order valence-electron chi connectivity index (χ2n) is 6.02. The van der Waals surface area contributed by atoms with Crippen LogP contribution in [0.2, 0.25) is 0 Å². The first-order valence-electron chi connectivity index (χ1n) is 7.55. The summed E-state index contributed by atoms with van der Waals surface area (Å²) >= 11 is 0. The zero-order chi connectivity index (χ0) is 14.3. The first kappa shape index (κ1) is 12.8. The van der Waals surface area contributed by atoms with E-state index in [-0.39, 0.29) is 11.0 Å². The van der Waals surface area contributed by atoms with Gasteiger partial charge in [-0.15, -0.1) is 0 Å². The van der Waals surface area contributed by atoms with E-state index in [1.807, 2.05) is 0 Å². The lowest BCUT2D eigenvalue weighted by Crippen LogP contribution is -2.43. The van der Waals surface area contributed by atoms with Crippen LogP contribution in [0, 0.1) is 0 Å². The van der Waals surface area contributed by atoms with E-state index in [0.717, 1.165) is 30.8 Å². The molecule has 6 heteroatoms. The van der Waals surface area contributed by atoms with Gasteiger partial charge < -0.3 is 14.8 Å². The van der Waals surface area contributed by atoms with Crippen LogP contribution in [0.1, 0.15) is 38.0 Å². The maximum absolute atomic E-state index is 11.1. The van der Waals surface area contributed by atoms with Crippen LogP contribution in [0.5, 0.6) is 0 Å². The number of aromatic amines is 1. The van der Waals surface area contributed by atoms with Crippen molar-refractivity contribution in [2.75, 3.05) is 6.54 Å². The Bertz CT molecular complexity index is 687. The molecule has 0 amide bonds. The predicted octanol–water partition coefficient (Wildman–Crippen LogP) is 1.60. The van der Waals surface area contributed by atoms with Crippen LogP contribution < -0.4 is 10.9 Å². The SMILES string of the molecule is O=c1ccc(-c2noc([C@@]34CCCC[C@@H]3NCC4)n2)c[nH]1. The van der Waals surface area contributed by atoms with Crippen molar-refractivity contribution in [2.24, 2.45) is 0 Å². The van der Waals surface area contributed by atoms with Gasteiger partial charge in [-0.3, -0.25) is 4.79 Å². The lowest BCUT2D eigenvalue weighted by atomic mass is 9.70. The minimum atomic E-state index is -0.131. The molecule has 1 saturated carbocycles. The first-order valence-corrected chi connectivity index (χ1v) is 7.55. The van der Waals surface area contributed by atoms with Gasteiger partial charge in [0.15, 0.2) is 0 Å². The Morgan fingerprint density at radius 3 is 3.10 bits per heavy atom. The fourth-order valence-electron chi connectivity index (χ4n) is 3.76. The number of aromatic nitrogens is 3. The number of hydrogen-bond acceptors (Lipinski definition) is 5. The third kappa shape index (κ3) is 2.01. The van der Waals surface area contributed by atoms with Crippen LogP contribution in [-0.2, 0) is 5.41 Å². The molecule has 0 aromatic carbocycles. The zero-order valence-corrected chi connectivity index (χ0v) is 11.8. The van der Waals surface area contributed by atoms with Gasteiger partial charge in [-0.1, -0.05) is 18.0 Å². The summed E-state index contributed by atoms with van der Waals surface area (Å²) in [5.74, 6) is 1.30. The number of nitrogens with one attached hydrogen (secondary N) is 2. The largest absolute Gasteiger partial charge is 0.338 e. The molecule has 2 aliphatic rings. The summed E-state index contributed by atoms with van der Waals surface area (Å²) in [6, 6.07) is 3.65. The van der Waals surface area contributed by atoms with Crippen molar-refractivity contribution in [2.45, 2.75) is 43.6 Å². The van der Waals surface area contributed by atoms with Crippen molar-refractivity contribution in [1.29, 1.82) is 0 Å². The van der Waals surface area contributed by atoms with Crippen molar-refractivity contribution < 1.29 is 4.52 Å². The van der Waals surface area contributed by atoms with Gasteiger partial charge in [0, 0.05) is 23.9 Å². The molecule has 1 aliphatic carbocycles. The van der Waals surface area contributed by atoms with Crippen LogP contribution in [0.15, 0.2) is 27.6 Å². The van der Waals surface area contributed by atoms with E-state index in [2.05, 4.69) is 20.4 Å². The van der Waals surface area contributed by atoms with Gasteiger partial charge >= 0.3 is 0 Å². The molecular weight excluding hydrogens is 268 g/mol. The lowest BCUT2D eigenvalue weighted by Gasteiger charge is -2.35. The standard InChI is InChI=1S/C15H18N4O2/c20-12-5-4-10(9-17-12)13-18-14(21-19-13)15-6-2-1-3-11(15)16-8-7-15/h4-5,9,11,16H,1-3,6-8H2,(H,17,20)/t11-,15+/m0/s1. The smallest absolute Gasteiger partial charge is 0.247 e. The van der Waals surface area contributed by atoms with E-state index in [1.54, 1.807) is 12.3 Å². The number of hydrogen-bond donors (Lipinski definition) is 2. The second kappa shape index (κ2) is 4.80. The van der Waals surface area contributed by atoms with Gasteiger partial charge in [0.2, 0.25) is 17.3 Å². The van der Waals surface area contributed by atoms with E-state index in [1.165, 1.54) is 25.3 Å². The van der Waals surface area contributed by atoms with Gasteiger partial charge in [0.1, 0.15) is 0 Å². The zero-order valence-electron chi connectivity index (χ0n) is 11.8. The summed E-state index contributed by atoms with van der Waals surface area (Å²) in [7, 11) is 0. The van der Waals surface area contributed by atoms with E-state index in [0.29, 0.717) is 11.9 Å². The predicted molar refractivity (Wildman–Crippen MR) is 76.9 cm³/mol. The molecule has 0 spiro atoms. The summed E-state index contributed by atoms with van der Waals surface area (Å²) < 4.78 is 5.60. The average molecular weight is 286 g/mol. The molecule has 2 atom stereocenters. The van der Waals surface area contributed by atoms with E-state index >= 15 is 0 Å². The first-order chi connectivity index (χ1) is 10.3. The number of H-pyrrole nitrogens is 1. The summed E-state index contributed by atoms with van der Waals surface area (Å²) in [5.41, 5.74) is 0.652. The molecule has 2 aromatic heterocycles. The summed E-state index contributed by atoms with van der Waals surface area (Å²) in [4.78, 5) is 18.4. The molecule has 6 nitrogen and oxygen atoms in total.